The SMILES string of the molecule is Cl.N[C@H](CC(F)F)c1ccc(Br)cn1. The monoisotopic (exact) mass is 286 g/mol. The summed E-state index contributed by atoms with van der Waals surface area (Å²) in [5, 5.41) is 0. The van der Waals surface area contributed by atoms with E-state index in [2.05, 4.69) is 20.9 Å². The highest BCUT2D eigenvalue weighted by Crippen LogP contribution is 2.17. The van der Waals surface area contributed by atoms with Crippen molar-refractivity contribution >= 4 is 28.3 Å². The Balaban J connectivity index is 0.00000169. The quantitative estimate of drug-likeness (QED) is 0.928. The van der Waals surface area contributed by atoms with Gasteiger partial charge in [-0.2, -0.15) is 0 Å². The van der Waals surface area contributed by atoms with Gasteiger partial charge in [0.2, 0.25) is 6.43 Å². The van der Waals surface area contributed by atoms with Gasteiger partial charge in [-0.3, -0.25) is 4.98 Å². The van der Waals surface area contributed by atoms with Gasteiger partial charge < -0.3 is 5.73 Å². The number of hydrogen-bond acceptors (Lipinski definition) is 2. The van der Waals surface area contributed by atoms with Crippen LogP contribution in [0.25, 0.3) is 0 Å². The number of hydrogen-bond donors (Lipinski definition) is 1. The van der Waals surface area contributed by atoms with Crippen LogP contribution >= 0.6 is 28.3 Å². The molecule has 2 nitrogen and oxygen atoms in total. The Morgan fingerprint density at radius 1 is 1.43 bits per heavy atom. The molecule has 0 aliphatic heterocycles. The number of pyridine rings is 1. The van der Waals surface area contributed by atoms with Crippen molar-refractivity contribution in [1.82, 2.24) is 4.98 Å². The van der Waals surface area contributed by atoms with Crippen molar-refractivity contribution in [3.63, 3.8) is 0 Å². The molecule has 0 bridgehead atoms. The lowest BCUT2D eigenvalue weighted by atomic mass is 10.1. The van der Waals surface area contributed by atoms with Gasteiger partial charge in [0, 0.05) is 17.1 Å². The Bertz CT molecular complexity index is 269. The van der Waals surface area contributed by atoms with Crippen LogP contribution in [0.15, 0.2) is 22.8 Å². The molecule has 0 unspecified atom stereocenters. The summed E-state index contributed by atoms with van der Waals surface area (Å²) in [6.45, 7) is 0. The van der Waals surface area contributed by atoms with Crippen molar-refractivity contribution in [2.45, 2.75) is 18.9 Å². The topological polar surface area (TPSA) is 38.9 Å². The highest BCUT2D eigenvalue weighted by molar-refractivity contribution is 9.10. The van der Waals surface area contributed by atoms with Crippen molar-refractivity contribution in [3.05, 3.63) is 28.5 Å². The molecule has 80 valence electrons. The fourth-order valence-corrected chi connectivity index (χ4v) is 1.15. The van der Waals surface area contributed by atoms with Crippen LogP contribution < -0.4 is 5.73 Å². The summed E-state index contributed by atoms with van der Waals surface area (Å²) in [6.07, 6.45) is -1.20. The molecule has 6 heteroatoms. The van der Waals surface area contributed by atoms with Crippen LogP contribution in [0, 0.1) is 0 Å². The number of halogens is 4. The summed E-state index contributed by atoms with van der Waals surface area (Å²) in [5.41, 5.74) is 5.98. The molecule has 2 N–H and O–H groups in total. The van der Waals surface area contributed by atoms with E-state index in [1.165, 1.54) is 0 Å². The predicted octanol–water partition coefficient (Wildman–Crippen LogP) is 2.92. The van der Waals surface area contributed by atoms with Crippen molar-refractivity contribution in [2.24, 2.45) is 5.73 Å². The van der Waals surface area contributed by atoms with E-state index in [9.17, 15) is 8.78 Å². The summed E-state index contributed by atoms with van der Waals surface area (Å²) < 4.78 is 24.7. The van der Waals surface area contributed by atoms with E-state index in [1.54, 1.807) is 18.3 Å². The molecule has 1 aromatic rings. The number of nitrogens with two attached hydrogens (primary N) is 1. The average Bonchev–Trinajstić information content (AvgIpc) is 2.04. The van der Waals surface area contributed by atoms with Crippen molar-refractivity contribution in [2.75, 3.05) is 0 Å². The fraction of sp³-hybridized carbons (Fsp3) is 0.375. The van der Waals surface area contributed by atoms with Gasteiger partial charge in [0.25, 0.3) is 0 Å². The van der Waals surface area contributed by atoms with Gasteiger partial charge in [-0.1, -0.05) is 0 Å². The van der Waals surface area contributed by atoms with Gasteiger partial charge in [0.1, 0.15) is 0 Å². The van der Waals surface area contributed by atoms with Gasteiger partial charge in [-0.05, 0) is 28.1 Å². The Hall–Kier alpha value is -0.260. The van der Waals surface area contributed by atoms with Gasteiger partial charge in [-0.25, -0.2) is 8.78 Å². The minimum absolute atomic E-state index is 0. The second kappa shape index (κ2) is 6.27. The van der Waals surface area contributed by atoms with E-state index in [-0.39, 0.29) is 18.8 Å². The summed E-state index contributed by atoms with van der Waals surface area (Å²) in [5.74, 6) is 0. The summed E-state index contributed by atoms with van der Waals surface area (Å²) >= 11 is 3.19. The second-order valence-electron chi connectivity index (χ2n) is 2.63. The van der Waals surface area contributed by atoms with Gasteiger partial charge >= 0.3 is 0 Å². The highest BCUT2D eigenvalue weighted by atomic mass is 79.9. The standard InChI is InChI=1S/C8H9BrF2N2.ClH/c9-5-1-2-7(13-4-5)6(12)3-8(10)11;/h1-2,4,6,8H,3,12H2;1H/t6-;/m1./s1. The summed E-state index contributed by atoms with van der Waals surface area (Å²) in [4.78, 5) is 3.93. The molecule has 0 amide bonds. The maximum atomic E-state index is 11.9. The minimum atomic E-state index is -2.39. The Morgan fingerprint density at radius 3 is 2.50 bits per heavy atom. The highest BCUT2D eigenvalue weighted by Gasteiger charge is 2.13. The molecule has 0 aromatic carbocycles. The number of alkyl halides is 2. The Labute approximate surface area is 95.4 Å². The molecular weight excluding hydrogens is 277 g/mol. The van der Waals surface area contributed by atoms with E-state index in [0.717, 1.165) is 4.47 Å². The van der Waals surface area contributed by atoms with Crippen LogP contribution in [0.4, 0.5) is 8.78 Å². The number of aromatic nitrogens is 1. The normalized spacial score (nSPS) is 12.4. The van der Waals surface area contributed by atoms with Crippen molar-refractivity contribution in [1.29, 1.82) is 0 Å². The molecule has 0 radical (unpaired) electrons. The largest absolute Gasteiger partial charge is 0.322 e. The smallest absolute Gasteiger partial charge is 0.240 e. The molecule has 0 aliphatic carbocycles. The molecule has 1 rings (SSSR count). The minimum Gasteiger partial charge on any atom is -0.322 e. The predicted molar refractivity (Wildman–Crippen MR) is 56.7 cm³/mol. The van der Waals surface area contributed by atoms with Gasteiger partial charge in [0.15, 0.2) is 0 Å². The molecule has 1 atom stereocenters. The zero-order valence-electron chi connectivity index (χ0n) is 7.16. The first-order valence-electron chi connectivity index (χ1n) is 3.75. The lowest BCUT2D eigenvalue weighted by Crippen LogP contribution is -2.15. The molecule has 1 heterocycles. The first-order valence-corrected chi connectivity index (χ1v) is 4.54. The maximum Gasteiger partial charge on any atom is 0.240 e. The molecule has 0 spiro atoms. The zero-order valence-corrected chi connectivity index (χ0v) is 9.56. The van der Waals surface area contributed by atoms with Crippen molar-refractivity contribution in [3.8, 4) is 0 Å². The van der Waals surface area contributed by atoms with E-state index in [1.807, 2.05) is 0 Å². The van der Waals surface area contributed by atoms with Gasteiger partial charge in [-0.15, -0.1) is 12.4 Å². The second-order valence-corrected chi connectivity index (χ2v) is 3.55. The van der Waals surface area contributed by atoms with Crippen LogP contribution in [0.2, 0.25) is 0 Å². The third kappa shape index (κ3) is 4.30. The summed E-state index contributed by atoms with van der Waals surface area (Å²) in [7, 11) is 0. The third-order valence-corrected chi connectivity index (χ3v) is 2.03. The van der Waals surface area contributed by atoms with Gasteiger partial charge in [0.05, 0.1) is 11.7 Å². The number of rotatable bonds is 3. The summed E-state index contributed by atoms with van der Waals surface area (Å²) in [6, 6.07) is 2.68. The van der Waals surface area contributed by atoms with Crippen LogP contribution in [0.3, 0.4) is 0 Å². The average molecular weight is 288 g/mol. The van der Waals surface area contributed by atoms with Crippen LogP contribution in [-0.4, -0.2) is 11.4 Å². The van der Waals surface area contributed by atoms with Crippen LogP contribution in [0.5, 0.6) is 0 Å². The molecule has 1 aromatic heterocycles. The number of nitrogens with zero attached hydrogens (tertiary/aromatic N) is 1. The van der Waals surface area contributed by atoms with E-state index in [4.69, 9.17) is 5.73 Å². The molecule has 14 heavy (non-hydrogen) atoms. The maximum absolute atomic E-state index is 11.9. The first kappa shape index (κ1) is 13.7. The Kier molecular flexibility index (Phi) is 6.15. The van der Waals surface area contributed by atoms with Crippen LogP contribution in [0.1, 0.15) is 18.2 Å². The first-order chi connectivity index (χ1) is 6.09. The molecular formula is C8H10BrClF2N2. The molecule has 0 aliphatic rings. The lowest BCUT2D eigenvalue weighted by Gasteiger charge is -2.09. The molecule has 0 fully saturated rings. The fourth-order valence-electron chi connectivity index (χ4n) is 0.919. The van der Waals surface area contributed by atoms with Crippen LogP contribution in [-0.2, 0) is 0 Å². The van der Waals surface area contributed by atoms with Crippen molar-refractivity contribution < 1.29 is 8.78 Å². The zero-order chi connectivity index (χ0) is 9.84. The van der Waals surface area contributed by atoms with E-state index < -0.39 is 12.5 Å². The molecule has 0 saturated carbocycles. The molecule has 0 saturated heterocycles. The Morgan fingerprint density at radius 2 is 2.07 bits per heavy atom. The third-order valence-electron chi connectivity index (χ3n) is 1.56. The lowest BCUT2D eigenvalue weighted by molar-refractivity contribution is 0.128. The van der Waals surface area contributed by atoms with E-state index in [0.29, 0.717) is 5.69 Å². The van der Waals surface area contributed by atoms with E-state index >= 15 is 0 Å².